The Kier molecular flexibility index (Phi) is 5.48. The first kappa shape index (κ1) is 22.5. The summed E-state index contributed by atoms with van der Waals surface area (Å²) in [7, 11) is 0. The second-order valence-electron chi connectivity index (χ2n) is 9.29. The molecule has 186 valence electrons. The molecule has 37 heavy (non-hydrogen) atoms. The summed E-state index contributed by atoms with van der Waals surface area (Å²) < 4.78 is 19.1. The normalized spacial score (nSPS) is 23.0. The van der Waals surface area contributed by atoms with Gasteiger partial charge in [-0.15, -0.1) is 0 Å². The Morgan fingerprint density at radius 3 is 2.43 bits per heavy atom. The second kappa shape index (κ2) is 9.00. The van der Waals surface area contributed by atoms with Gasteiger partial charge in [0.15, 0.2) is 6.10 Å². The maximum absolute atomic E-state index is 9.95. The average molecular weight is 515 g/mol. The van der Waals surface area contributed by atoms with Crippen LogP contribution < -0.4 is 4.74 Å². The third-order valence-corrected chi connectivity index (χ3v) is 7.27. The number of ether oxygens (including phenoxy) is 3. The molecule has 2 aromatic heterocycles. The van der Waals surface area contributed by atoms with Crippen LogP contribution in [0.4, 0.5) is 0 Å². The number of halogens is 1. The fourth-order valence-corrected chi connectivity index (χ4v) is 5.32. The van der Waals surface area contributed by atoms with Gasteiger partial charge < -0.3 is 24.3 Å². The van der Waals surface area contributed by atoms with Crippen LogP contribution in [-0.4, -0.2) is 62.5 Å². The zero-order chi connectivity index (χ0) is 24.9. The van der Waals surface area contributed by atoms with Gasteiger partial charge in [-0.3, -0.25) is 0 Å². The molecule has 0 saturated carbocycles. The Labute approximate surface area is 217 Å². The number of aliphatic hydroxyl groups excluding tert-OH is 1. The topological polar surface area (TPSA) is 94.4 Å². The molecule has 4 heterocycles. The van der Waals surface area contributed by atoms with Gasteiger partial charge in [0.2, 0.25) is 0 Å². The van der Waals surface area contributed by atoms with Crippen LogP contribution in [0.3, 0.4) is 0 Å². The third kappa shape index (κ3) is 4.08. The molecule has 0 aliphatic carbocycles. The standard InChI is InChI=1S/C28H23ClN4O4/c29-21-13-23-22(31-28(32-23)37-25-15-36-26-24(34)14-35-27(25)26)12-20(21)18-4-2-16(3-5-18)17-6-8-19(9-7-17)33-11-1-10-30-33/h1-13,24-27,34H,14-15H2,(H,31,32). The van der Waals surface area contributed by atoms with Gasteiger partial charge in [0, 0.05) is 18.0 Å². The van der Waals surface area contributed by atoms with Gasteiger partial charge in [0.05, 0.1) is 35.0 Å². The molecule has 4 atom stereocenters. The van der Waals surface area contributed by atoms with Crippen LogP contribution in [0.5, 0.6) is 6.01 Å². The number of nitrogens with zero attached hydrogens (tertiary/aromatic N) is 3. The summed E-state index contributed by atoms with van der Waals surface area (Å²) in [6.07, 6.45) is 2.08. The van der Waals surface area contributed by atoms with Crippen molar-refractivity contribution in [2.45, 2.75) is 24.4 Å². The van der Waals surface area contributed by atoms with Crippen molar-refractivity contribution in [3.63, 3.8) is 0 Å². The number of aromatic amines is 1. The second-order valence-corrected chi connectivity index (χ2v) is 9.69. The summed E-state index contributed by atoms with van der Waals surface area (Å²) in [5.74, 6) is 0. The predicted octanol–water partition coefficient (Wildman–Crippen LogP) is 4.64. The number of aromatic nitrogens is 4. The maximum atomic E-state index is 9.95. The summed E-state index contributed by atoms with van der Waals surface area (Å²) in [6.45, 7) is 0.595. The first-order valence-corrected chi connectivity index (χ1v) is 12.5. The number of benzene rings is 3. The maximum Gasteiger partial charge on any atom is 0.295 e. The fourth-order valence-electron chi connectivity index (χ4n) is 5.04. The van der Waals surface area contributed by atoms with Crippen molar-refractivity contribution in [3.05, 3.63) is 84.1 Å². The summed E-state index contributed by atoms with van der Waals surface area (Å²) >= 11 is 6.66. The highest BCUT2D eigenvalue weighted by Gasteiger charge is 2.48. The van der Waals surface area contributed by atoms with E-state index in [0.717, 1.165) is 39.0 Å². The van der Waals surface area contributed by atoms with Crippen LogP contribution in [0, 0.1) is 0 Å². The molecule has 8 nitrogen and oxygen atoms in total. The highest BCUT2D eigenvalue weighted by atomic mass is 35.5. The molecule has 3 aromatic carbocycles. The van der Waals surface area contributed by atoms with Crippen molar-refractivity contribution in [2.24, 2.45) is 0 Å². The first-order valence-electron chi connectivity index (χ1n) is 12.1. The molecule has 7 rings (SSSR count). The zero-order valence-electron chi connectivity index (χ0n) is 19.6. The molecule has 2 aliphatic rings. The number of hydrogen-bond acceptors (Lipinski definition) is 6. The lowest BCUT2D eigenvalue weighted by Gasteiger charge is -2.15. The van der Waals surface area contributed by atoms with Crippen LogP contribution in [0.15, 0.2) is 79.1 Å². The van der Waals surface area contributed by atoms with Crippen LogP contribution >= 0.6 is 11.6 Å². The largest absolute Gasteiger partial charge is 0.456 e. The van der Waals surface area contributed by atoms with Crippen molar-refractivity contribution >= 4 is 22.6 Å². The summed E-state index contributed by atoms with van der Waals surface area (Å²) in [5.41, 5.74) is 6.65. The number of rotatable bonds is 5. The molecule has 2 fully saturated rings. The van der Waals surface area contributed by atoms with Crippen LogP contribution in [0.1, 0.15) is 0 Å². The highest BCUT2D eigenvalue weighted by molar-refractivity contribution is 6.34. The first-order chi connectivity index (χ1) is 18.1. The lowest BCUT2D eigenvalue weighted by Crippen LogP contribution is -2.34. The van der Waals surface area contributed by atoms with Crippen molar-refractivity contribution in [1.29, 1.82) is 0 Å². The van der Waals surface area contributed by atoms with Crippen LogP contribution in [0.25, 0.3) is 39.0 Å². The third-order valence-electron chi connectivity index (χ3n) is 6.96. The van der Waals surface area contributed by atoms with E-state index in [2.05, 4.69) is 63.6 Å². The summed E-state index contributed by atoms with van der Waals surface area (Å²) in [6, 6.07) is 22.7. The Bertz CT molecular complexity index is 1550. The van der Waals surface area contributed by atoms with E-state index in [1.54, 1.807) is 6.20 Å². The monoisotopic (exact) mass is 514 g/mol. The molecule has 0 bridgehead atoms. The van der Waals surface area contributed by atoms with Gasteiger partial charge in [-0.05, 0) is 47.0 Å². The minimum absolute atomic E-state index is 0.254. The van der Waals surface area contributed by atoms with E-state index in [-0.39, 0.29) is 24.9 Å². The van der Waals surface area contributed by atoms with Gasteiger partial charge in [-0.1, -0.05) is 48.0 Å². The van der Waals surface area contributed by atoms with Crippen LogP contribution in [-0.2, 0) is 9.47 Å². The van der Waals surface area contributed by atoms with Crippen molar-refractivity contribution in [3.8, 4) is 34.0 Å². The van der Waals surface area contributed by atoms with Crippen LogP contribution in [0.2, 0.25) is 5.02 Å². The van der Waals surface area contributed by atoms with E-state index >= 15 is 0 Å². The quantitative estimate of drug-likeness (QED) is 0.355. The minimum Gasteiger partial charge on any atom is -0.456 e. The number of fused-ring (bicyclic) bond motifs is 2. The molecule has 2 saturated heterocycles. The molecule has 2 aliphatic heterocycles. The number of nitrogens with one attached hydrogen (secondary N) is 1. The van der Waals surface area contributed by atoms with Crippen molar-refractivity contribution in [2.75, 3.05) is 13.2 Å². The molecule has 0 spiro atoms. The van der Waals surface area contributed by atoms with Gasteiger partial charge in [0.1, 0.15) is 18.3 Å². The minimum atomic E-state index is -0.622. The van der Waals surface area contributed by atoms with E-state index in [0.29, 0.717) is 17.6 Å². The van der Waals surface area contributed by atoms with Gasteiger partial charge >= 0.3 is 0 Å². The molecule has 4 unspecified atom stereocenters. The molecular formula is C28H23ClN4O4. The Morgan fingerprint density at radius 1 is 0.946 bits per heavy atom. The van der Waals surface area contributed by atoms with E-state index in [9.17, 15) is 5.11 Å². The molecule has 0 radical (unpaired) electrons. The molecule has 0 amide bonds. The zero-order valence-corrected chi connectivity index (χ0v) is 20.4. The van der Waals surface area contributed by atoms with E-state index < -0.39 is 6.10 Å². The Balaban J connectivity index is 1.11. The summed E-state index contributed by atoms with van der Waals surface area (Å²) in [4.78, 5) is 7.79. The van der Waals surface area contributed by atoms with E-state index in [1.807, 2.05) is 29.1 Å². The molecule has 9 heteroatoms. The average Bonchev–Trinajstić information content (AvgIpc) is 3.71. The number of hydrogen-bond donors (Lipinski definition) is 2. The summed E-state index contributed by atoms with van der Waals surface area (Å²) in [5, 5.41) is 14.8. The van der Waals surface area contributed by atoms with E-state index in [4.69, 9.17) is 25.8 Å². The highest BCUT2D eigenvalue weighted by Crippen LogP contribution is 2.35. The lowest BCUT2D eigenvalue weighted by molar-refractivity contribution is 0.00706. The Hall–Kier alpha value is -3.69. The molecule has 5 aromatic rings. The predicted molar refractivity (Wildman–Crippen MR) is 139 cm³/mol. The van der Waals surface area contributed by atoms with Crippen molar-refractivity contribution < 1.29 is 19.3 Å². The number of H-pyrrole nitrogens is 1. The lowest BCUT2D eigenvalue weighted by atomic mass is 10.00. The van der Waals surface area contributed by atoms with Gasteiger partial charge in [-0.2, -0.15) is 10.1 Å². The van der Waals surface area contributed by atoms with E-state index in [1.165, 1.54) is 0 Å². The smallest absolute Gasteiger partial charge is 0.295 e. The molecule has 2 N–H and O–H groups in total. The van der Waals surface area contributed by atoms with Gasteiger partial charge in [0.25, 0.3) is 6.01 Å². The molecular weight excluding hydrogens is 492 g/mol. The van der Waals surface area contributed by atoms with Gasteiger partial charge in [-0.25, -0.2) is 4.68 Å². The Morgan fingerprint density at radius 2 is 1.68 bits per heavy atom. The number of aliphatic hydroxyl groups is 1. The fraction of sp³-hybridized carbons (Fsp3) is 0.214. The number of imidazole rings is 1. The SMILES string of the molecule is OC1COC2C(Oc3nc4cc(-c5ccc(-c6ccc(-n7cccn7)cc6)cc5)c(Cl)cc4[nH]3)COC12. The van der Waals surface area contributed by atoms with Crippen molar-refractivity contribution in [1.82, 2.24) is 19.7 Å².